The summed E-state index contributed by atoms with van der Waals surface area (Å²) < 4.78 is 1.90. The van der Waals surface area contributed by atoms with Crippen molar-refractivity contribution in [1.29, 1.82) is 0 Å². The molecule has 1 aromatic carbocycles. The van der Waals surface area contributed by atoms with Gasteiger partial charge in [-0.05, 0) is 56.7 Å². The van der Waals surface area contributed by atoms with Gasteiger partial charge in [-0.15, -0.1) is 12.4 Å². The number of hydrogen-bond acceptors (Lipinski definition) is 4. The lowest BCUT2D eigenvalue weighted by Gasteiger charge is -2.16. The topological polar surface area (TPSA) is 85.3 Å². The van der Waals surface area contributed by atoms with E-state index in [9.17, 15) is 4.79 Å². The van der Waals surface area contributed by atoms with E-state index in [1.807, 2.05) is 42.6 Å². The van der Waals surface area contributed by atoms with Crippen molar-refractivity contribution in [2.75, 3.05) is 6.54 Å². The van der Waals surface area contributed by atoms with E-state index in [2.05, 4.69) is 10.4 Å². The number of aromatic nitrogens is 3. The highest BCUT2D eigenvalue weighted by molar-refractivity contribution is 5.92. The number of nitrogens with one attached hydrogen (secondary N) is 1. The number of carbonyl (C=O) groups excluding carboxylic acids is 1. The summed E-state index contributed by atoms with van der Waals surface area (Å²) in [7, 11) is 0. The van der Waals surface area contributed by atoms with Gasteiger partial charge >= 0.3 is 0 Å². The molecule has 7 heteroatoms. The van der Waals surface area contributed by atoms with Gasteiger partial charge in [0.15, 0.2) is 5.65 Å². The molecule has 3 N–H and O–H groups in total. The molecular formula is C20H26ClN5O. The maximum atomic E-state index is 12.3. The monoisotopic (exact) mass is 387 g/mol. The third-order valence-electron chi connectivity index (χ3n) is 5.41. The molecule has 4 rings (SSSR count). The van der Waals surface area contributed by atoms with Crippen LogP contribution in [0, 0.1) is 19.8 Å². The summed E-state index contributed by atoms with van der Waals surface area (Å²) in [5.41, 5.74) is 10.7. The molecule has 6 nitrogen and oxygen atoms in total. The first kappa shape index (κ1) is 19.6. The SMILES string of the molecule is Cc1nc2c3ccccc3nn2c(C)c1CCC(=O)NC(CN)C1CC1.Cl. The molecule has 1 aliphatic rings. The molecule has 1 aliphatic carbocycles. The van der Waals surface area contributed by atoms with Crippen molar-refractivity contribution < 1.29 is 4.79 Å². The van der Waals surface area contributed by atoms with Crippen molar-refractivity contribution in [2.24, 2.45) is 11.7 Å². The summed E-state index contributed by atoms with van der Waals surface area (Å²) in [5, 5.41) is 8.82. The fourth-order valence-corrected chi connectivity index (χ4v) is 3.72. The number of halogens is 1. The van der Waals surface area contributed by atoms with Crippen molar-refractivity contribution in [2.45, 2.75) is 45.6 Å². The molecule has 1 amide bonds. The summed E-state index contributed by atoms with van der Waals surface area (Å²) in [5.74, 6) is 0.638. The van der Waals surface area contributed by atoms with Gasteiger partial charge in [-0.3, -0.25) is 4.79 Å². The predicted octanol–water partition coefficient (Wildman–Crippen LogP) is 2.71. The average molecular weight is 388 g/mol. The minimum absolute atomic E-state index is 0. The number of amides is 1. The van der Waals surface area contributed by atoms with Gasteiger partial charge in [-0.25, -0.2) is 9.50 Å². The molecule has 27 heavy (non-hydrogen) atoms. The molecule has 0 bridgehead atoms. The van der Waals surface area contributed by atoms with Crippen LogP contribution in [0.1, 0.15) is 36.2 Å². The second-order valence-corrected chi connectivity index (χ2v) is 7.26. The van der Waals surface area contributed by atoms with Gasteiger partial charge in [0.25, 0.3) is 0 Å². The Labute approximate surface area is 164 Å². The Hall–Kier alpha value is -2.18. The Kier molecular flexibility index (Phi) is 5.67. The quantitative estimate of drug-likeness (QED) is 0.681. The van der Waals surface area contributed by atoms with Gasteiger partial charge < -0.3 is 11.1 Å². The summed E-state index contributed by atoms with van der Waals surface area (Å²) in [4.78, 5) is 17.1. The van der Waals surface area contributed by atoms with Crippen LogP contribution in [-0.4, -0.2) is 33.1 Å². The minimum Gasteiger partial charge on any atom is -0.352 e. The standard InChI is InChI=1S/C20H25N5O.ClH/c1-12-15(9-10-19(26)23-18(11-21)14-7-8-14)13(2)25-20(22-12)16-5-3-4-6-17(16)24-25;/h3-6,14,18H,7-11,21H2,1-2H3,(H,23,26);1H. The molecule has 3 aromatic rings. The number of rotatable bonds is 6. The Morgan fingerprint density at radius 2 is 2.07 bits per heavy atom. The largest absolute Gasteiger partial charge is 0.352 e. The zero-order valence-electron chi connectivity index (χ0n) is 15.7. The number of carbonyl (C=O) groups is 1. The van der Waals surface area contributed by atoms with Crippen molar-refractivity contribution in [3.05, 3.63) is 41.2 Å². The van der Waals surface area contributed by atoms with Crippen LogP contribution in [-0.2, 0) is 11.2 Å². The van der Waals surface area contributed by atoms with Crippen LogP contribution in [0.5, 0.6) is 0 Å². The fourth-order valence-electron chi connectivity index (χ4n) is 3.72. The molecule has 2 heterocycles. The lowest BCUT2D eigenvalue weighted by Crippen LogP contribution is -2.41. The van der Waals surface area contributed by atoms with Gasteiger partial charge in [0, 0.05) is 35.8 Å². The number of fused-ring (bicyclic) bond motifs is 3. The van der Waals surface area contributed by atoms with Crippen LogP contribution in [0.25, 0.3) is 16.6 Å². The second kappa shape index (κ2) is 7.82. The molecule has 2 aromatic heterocycles. The molecule has 0 radical (unpaired) electrons. The first-order chi connectivity index (χ1) is 12.6. The summed E-state index contributed by atoms with van der Waals surface area (Å²) in [6, 6.07) is 8.15. The Morgan fingerprint density at radius 1 is 1.33 bits per heavy atom. The van der Waals surface area contributed by atoms with Crippen LogP contribution in [0.3, 0.4) is 0 Å². The molecule has 144 valence electrons. The third-order valence-corrected chi connectivity index (χ3v) is 5.41. The van der Waals surface area contributed by atoms with Crippen molar-refractivity contribution in [3.63, 3.8) is 0 Å². The highest BCUT2D eigenvalue weighted by atomic mass is 35.5. The van der Waals surface area contributed by atoms with Crippen LogP contribution < -0.4 is 11.1 Å². The number of nitrogens with zero attached hydrogens (tertiary/aromatic N) is 3. The molecule has 1 saturated carbocycles. The smallest absolute Gasteiger partial charge is 0.220 e. The molecule has 1 unspecified atom stereocenters. The number of hydrogen-bond donors (Lipinski definition) is 2. The maximum Gasteiger partial charge on any atom is 0.220 e. The highest BCUT2D eigenvalue weighted by Crippen LogP contribution is 2.32. The molecule has 0 saturated heterocycles. The van der Waals surface area contributed by atoms with Crippen molar-refractivity contribution in [1.82, 2.24) is 19.9 Å². The maximum absolute atomic E-state index is 12.3. The van der Waals surface area contributed by atoms with Gasteiger partial charge in [0.05, 0.1) is 5.52 Å². The zero-order chi connectivity index (χ0) is 18.3. The van der Waals surface area contributed by atoms with Gasteiger partial charge in [-0.2, -0.15) is 5.10 Å². The van der Waals surface area contributed by atoms with Crippen LogP contribution in [0.15, 0.2) is 24.3 Å². The van der Waals surface area contributed by atoms with Gasteiger partial charge in [0.1, 0.15) is 0 Å². The van der Waals surface area contributed by atoms with Crippen molar-refractivity contribution >= 4 is 34.9 Å². The Balaban J connectivity index is 0.00000210. The fraction of sp³-hybridized carbons (Fsp3) is 0.450. The summed E-state index contributed by atoms with van der Waals surface area (Å²) in [6.45, 7) is 4.57. The van der Waals surface area contributed by atoms with Crippen molar-refractivity contribution in [3.8, 4) is 0 Å². The first-order valence-corrected chi connectivity index (χ1v) is 9.31. The van der Waals surface area contributed by atoms with Crippen LogP contribution in [0.2, 0.25) is 0 Å². The summed E-state index contributed by atoms with van der Waals surface area (Å²) >= 11 is 0. The van der Waals surface area contributed by atoms with Gasteiger partial charge in [0.2, 0.25) is 5.91 Å². The predicted molar refractivity (Wildman–Crippen MR) is 109 cm³/mol. The van der Waals surface area contributed by atoms with E-state index in [1.165, 1.54) is 12.8 Å². The number of aryl methyl sites for hydroxylation is 2. The molecule has 1 atom stereocenters. The Morgan fingerprint density at radius 3 is 2.78 bits per heavy atom. The lowest BCUT2D eigenvalue weighted by atomic mass is 10.1. The van der Waals surface area contributed by atoms with E-state index in [4.69, 9.17) is 10.7 Å². The van der Waals surface area contributed by atoms with Gasteiger partial charge in [-0.1, -0.05) is 12.1 Å². The molecule has 0 aliphatic heterocycles. The van der Waals surface area contributed by atoms with Crippen LogP contribution >= 0.6 is 12.4 Å². The minimum atomic E-state index is 0. The number of nitrogens with two attached hydrogens (primary N) is 1. The number of benzene rings is 1. The molecular weight excluding hydrogens is 362 g/mol. The normalized spacial score (nSPS) is 14.9. The third kappa shape index (κ3) is 3.77. The average Bonchev–Trinajstić information content (AvgIpc) is 3.41. The molecule has 1 fully saturated rings. The van der Waals surface area contributed by atoms with Crippen LogP contribution in [0.4, 0.5) is 0 Å². The second-order valence-electron chi connectivity index (χ2n) is 7.26. The summed E-state index contributed by atoms with van der Waals surface area (Å²) in [6.07, 6.45) is 3.45. The van der Waals surface area contributed by atoms with E-state index in [0.29, 0.717) is 25.3 Å². The zero-order valence-corrected chi connectivity index (χ0v) is 16.6. The van der Waals surface area contributed by atoms with E-state index in [1.54, 1.807) is 0 Å². The highest BCUT2D eigenvalue weighted by Gasteiger charge is 2.31. The van der Waals surface area contributed by atoms with E-state index in [0.717, 1.165) is 33.5 Å². The molecule has 0 spiro atoms. The van der Waals surface area contributed by atoms with E-state index in [-0.39, 0.29) is 24.4 Å². The lowest BCUT2D eigenvalue weighted by molar-refractivity contribution is -0.121. The van der Waals surface area contributed by atoms with E-state index >= 15 is 0 Å². The van der Waals surface area contributed by atoms with E-state index < -0.39 is 0 Å². The first-order valence-electron chi connectivity index (χ1n) is 9.31. The Bertz CT molecular complexity index is 979.